The summed E-state index contributed by atoms with van der Waals surface area (Å²) in [4.78, 5) is 12.7. The Labute approximate surface area is 194 Å². The molecular formula is C28H28N2O3. The van der Waals surface area contributed by atoms with Gasteiger partial charge in [0.1, 0.15) is 0 Å². The van der Waals surface area contributed by atoms with Gasteiger partial charge >= 0.3 is 0 Å². The molecule has 0 spiro atoms. The Morgan fingerprint density at radius 1 is 1.00 bits per heavy atom. The van der Waals surface area contributed by atoms with Gasteiger partial charge in [-0.1, -0.05) is 35.9 Å². The van der Waals surface area contributed by atoms with Crippen molar-refractivity contribution in [1.82, 2.24) is 0 Å². The summed E-state index contributed by atoms with van der Waals surface area (Å²) in [6.45, 7) is 1.99. The molecule has 1 aliphatic carbocycles. The Morgan fingerprint density at radius 3 is 2.64 bits per heavy atom. The number of ether oxygens (including phenoxy) is 2. The van der Waals surface area contributed by atoms with E-state index in [-0.39, 0.29) is 17.9 Å². The Kier molecular flexibility index (Phi) is 5.55. The Bertz CT molecular complexity index is 1230. The molecule has 2 aliphatic rings. The lowest BCUT2D eigenvalue weighted by atomic mass is 9.77. The topological polar surface area (TPSA) is 59.6 Å². The first-order chi connectivity index (χ1) is 16.1. The molecule has 0 saturated carbocycles. The van der Waals surface area contributed by atoms with Crippen molar-refractivity contribution >= 4 is 17.3 Å². The summed E-state index contributed by atoms with van der Waals surface area (Å²) in [5.41, 5.74) is 6.03. The van der Waals surface area contributed by atoms with Gasteiger partial charge in [0.05, 0.1) is 20.3 Å². The molecule has 1 aliphatic heterocycles. The summed E-state index contributed by atoms with van der Waals surface area (Å²) in [5.74, 6) is 2.05. The van der Waals surface area contributed by atoms with Crippen LogP contribution in [0, 0.1) is 12.8 Å². The molecular weight excluding hydrogens is 412 g/mol. The number of allylic oxidation sites excluding steroid dienone is 2. The normalized spacial score (nSPS) is 20.4. The van der Waals surface area contributed by atoms with E-state index in [1.165, 1.54) is 11.1 Å². The fourth-order valence-electron chi connectivity index (χ4n) is 5.04. The van der Waals surface area contributed by atoms with Crippen LogP contribution >= 0.6 is 0 Å². The third-order valence-electron chi connectivity index (χ3n) is 6.67. The molecule has 1 amide bonds. The van der Waals surface area contributed by atoms with Crippen molar-refractivity contribution in [2.75, 3.05) is 24.9 Å². The number of anilines is 2. The van der Waals surface area contributed by atoms with Crippen LogP contribution in [0.15, 0.2) is 72.8 Å². The number of benzene rings is 3. The summed E-state index contributed by atoms with van der Waals surface area (Å²) in [7, 11) is 3.32. The maximum atomic E-state index is 12.7. The van der Waals surface area contributed by atoms with E-state index in [1.807, 2.05) is 43.3 Å². The van der Waals surface area contributed by atoms with Crippen LogP contribution in [0.1, 0.15) is 45.4 Å². The Morgan fingerprint density at radius 2 is 1.85 bits per heavy atom. The van der Waals surface area contributed by atoms with E-state index in [0.29, 0.717) is 11.5 Å². The minimum Gasteiger partial charge on any atom is -0.493 e. The summed E-state index contributed by atoms with van der Waals surface area (Å²) >= 11 is 0. The molecule has 3 aromatic carbocycles. The first kappa shape index (κ1) is 21.1. The number of rotatable bonds is 5. The molecule has 168 valence electrons. The second-order valence-electron chi connectivity index (χ2n) is 8.72. The maximum absolute atomic E-state index is 12.7. The molecule has 33 heavy (non-hydrogen) atoms. The lowest BCUT2D eigenvalue weighted by Gasteiger charge is -2.38. The first-order valence-corrected chi connectivity index (χ1v) is 11.2. The van der Waals surface area contributed by atoms with Gasteiger partial charge in [0.25, 0.3) is 5.91 Å². The van der Waals surface area contributed by atoms with Crippen molar-refractivity contribution in [2.45, 2.75) is 25.3 Å². The first-order valence-electron chi connectivity index (χ1n) is 11.2. The predicted molar refractivity (Wildman–Crippen MR) is 131 cm³/mol. The average Bonchev–Trinajstić information content (AvgIpc) is 3.33. The van der Waals surface area contributed by atoms with E-state index >= 15 is 0 Å². The molecule has 5 rings (SSSR count). The molecule has 3 aromatic rings. The Hall–Kier alpha value is -3.73. The largest absolute Gasteiger partial charge is 0.493 e. The minimum atomic E-state index is -0.0934. The zero-order valence-corrected chi connectivity index (χ0v) is 19.1. The number of fused-ring (bicyclic) bond motifs is 3. The summed E-state index contributed by atoms with van der Waals surface area (Å²) < 4.78 is 10.9. The molecule has 2 N–H and O–H groups in total. The number of hydrogen-bond acceptors (Lipinski definition) is 4. The lowest BCUT2D eigenvalue weighted by Crippen LogP contribution is -2.29. The highest BCUT2D eigenvalue weighted by molar-refractivity contribution is 6.04. The molecule has 0 bridgehead atoms. The van der Waals surface area contributed by atoms with Crippen molar-refractivity contribution in [3.63, 3.8) is 0 Å². The number of aryl methyl sites for hydroxylation is 1. The van der Waals surface area contributed by atoms with Gasteiger partial charge in [-0.15, -0.1) is 0 Å². The van der Waals surface area contributed by atoms with Crippen LogP contribution in [0.25, 0.3) is 0 Å². The predicted octanol–water partition coefficient (Wildman–Crippen LogP) is 6.09. The number of carbonyl (C=O) groups is 1. The number of carbonyl (C=O) groups excluding carboxylic acids is 1. The fraction of sp³-hybridized carbons (Fsp3) is 0.250. The molecule has 1 heterocycles. The van der Waals surface area contributed by atoms with Crippen LogP contribution < -0.4 is 20.1 Å². The van der Waals surface area contributed by atoms with Gasteiger partial charge in [0.15, 0.2) is 11.5 Å². The van der Waals surface area contributed by atoms with Crippen molar-refractivity contribution < 1.29 is 14.3 Å². The van der Waals surface area contributed by atoms with Crippen LogP contribution in [-0.4, -0.2) is 20.1 Å². The van der Waals surface area contributed by atoms with E-state index < -0.39 is 0 Å². The van der Waals surface area contributed by atoms with Crippen LogP contribution in [0.4, 0.5) is 11.4 Å². The summed E-state index contributed by atoms with van der Waals surface area (Å²) in [6, 6.07) is 20.1. The van der Waals surface area contributed by atoms with Crippen LogP contribution in [0.5, 0.6) is 11.5 Å². The summed E-state index contributed by atoms with van der Waals surface area (Å²) in [5, 5.41) is 6.81. The SMILES string of the molecule is COc1ccc(C2Nc3ccc(NC(=O)c4cccc(C)c4)cc3C3C=CCC32)cc1OC. The van der Waals surface area contributed by atoms with E-state index in [4.69, 9.17) is 9.47 Å². The van der Waals surface area contributed by atoms with Crippen LogP contribution in [0.3, 0.4) is 0 Å². The van der Waals surface area contributed by atoms with E-state index in [0.717, 1.165) is 34.9 Å². The molecule has 5 heteroatoms. The van der Waals surface area contributed by atoms with E-state index in [9.17, 15) is 4.79 Å². The molecule has 3 unspecified atom stereocenters. The summed E-state index contributed by atoms with van der Waals surface area (Å²) in [6.07, 6.45) is 5.55. The van der Waals surface area contributed by atoms with Crippen molar-refractivity contribution in [2.24, 2.45) is 5.92 Å². The molecule has 0 radical (unpaired) electrons. The standard InChI is InChI=1S/C28H28N2O3/c1-17-6-4-7-19(14-17)28(31)29-20-11-12-24-23(16-20)21-8-5-9-22(21)27(30-24)18-10-13-25(32-2)26(15-18)33-3/h4-8,10-16,21-22,27,30H,9H2,1-3H3,(H,29,31). The maximum Gasteiger partial charge on any atom is 0.255 e. The minimum absolute atomic E-state index is 0.0934. The smallest absolute Gasteiger partial charge is 0.255 e. The van der Waals surface area contributed by atoms with Gasteiger partial charge in [0.2, 0.25) is 0 Å². The van der Waals surface area contributed by atoms with E-state index in [1.54, 1.807) is 14.2 Å². The quantitative estimate of drug-likeness (QED) is 0.471. The van der Waals surface area contributed by atoms with Gasteiger partial charge in [-0.3, -0.25) is 4.79 Å². The van der Waals surface area contributed by atoms with Crippen LogP contribution in [-0.2, 0) is 0 Å². The van der Waals surface area contributed by atoms with Crippen molar-refractivity contribution in [3.8, 4) is 11.5 Å². The van der Waals surface area contributed by atoms with Gasteiger partial charge < -0.3 is 20.1 Å². The van der Waals surface area contributed by atoms with E-state index in [2.05, 4.69) is 47.1 Å². The molecule has 0 aromatic heterocycles. The van der Waals surface area contributed by atoms with Crippen molar-refractivity contribution in [3.05, 3.63) is 95.1 Å². The highest BCUT2D eigenvalue weighted by Gasteiger charge is 2.38. The third kappa shape index (κ3) is 3.95. The molecule has 0 saturated heterocycles. The lowest BCUT2D eigenvalue weighted by molar-refractivity contribution is 0.102. The van der Waals surface area contributed by atoms with Gasteiger partial charge in [-0.2, -0.15) is 0 Å². The fourth-order valence-corrected chi connectivity index (χ4v) is 5.04. The number of hydrogen-bond donors (Lipinski definition) is 2. The van der Waals surface area contributed by atoms with Crippen molar-refractivity contribution in [1.29, 1.82) is 0 Å². The highest BCUT2D eigenvalue weighted by Crippen LogP contribution is 2.51. The second-order valence-corrected chi connectivity index (χ2v) is 8.72. The second kappa shape index (κ2) is 8.66. The molecule has 5 nitrogen and oxygen atoms in total. The zero-order chi connectivity index (χ0) is 22.9. The monoisotopic (exact) mass is 440 g/mol. The number of amides is 1. The third-order valence-corrected chi connectivity index (χ3v) is 6.67. The average molecular weight is 441 g/mol. The van der Waals surface area contributed by atoms with Gasteiger partial charge in [-0.25, -0.2) is 0 Å². The number of methoxy groups -OCH3 is 2. The Balaban J connectivity index is 1.43. The van der Waals surface area contributed by atoms with Gasteiger partial charge in [-0.05, 0) is 72.9 Å². The molecule has 3 atom stereocenters. The number of nitrogens with one attached hydrogen (secondary N) is 2. The van der Waals surface area contributed by atoms with Gasteiger partial charge in [0, 0.05) is 22.9 Å². The highest BCUT2D eigenvalue weighted by atomic mass is 16.5. The molecule has 0 fully saturated rings. The zero-order valence-electron chi connectivity index (χ0n) is 19.1. The van der Waals surface area contributed by atoms with Crippen LogP contribution in [0.2, 0.25) is 0 Å².